The Kier molecular flexibility index (Phi) is 5.09. The van der Waals surface area contributed by atoms with Crippen molar-refractivity contribution in [3.63, 3.8) is 0 Å². The number of aromatic hydroxyl groups is 1. The first-order valence-electron chi connectivity index (χ1n) is 8.14. The first-order chi connectivity index (χ1) is 12.2. The number of phenols is 1. The van der Waals surface area contributed by atoms with Crippen molar-refractivity contribution in [2.24, 2.45) is 5.92 Å². The Balaban J connectivity index is 1.95. The lowest BCUT2D eigenvalue weighted by Gasteiger charge is -2.15. The fourth-order valence-electron chi connectivity index (χ4n) is 2.46. The number of aromatic nitrogens is 2. The molecule has 0 unspecified atom stereocenters. The number of rotatable bonds is 7. The molecule has 3 rings (SSSR count). The summed E-state index contributed by atoms with van der Waals surface area (Å²) in [7, 11) is 0. The van der Waals surface area contributed by atoms with E-state index in [-0.39, 0.29) is 11.7 Å². The third-order valence-electron chi connectivity index (χ3n) is 3.97. The quantitative estimate of drug-likeness (QED) is 0.446. The van der Waals surface area contributed by atoms with Gasteiger partial charge >= 0.3 is 0 Å². The molecule has 0 saturated heterocycles. The van der Waals surface area contributed by atoms with Crippen LogP contribution in [-0.4, -0.2) is 27.9 Å². The third kappa shape index (κ3) is 3.85. The van der Waals surface area contributed by atoms with Gasteiger partial charge in [0.25, 0.3) is 0 Å². The van der Waals surface area contributed by atoms with Crippen molar-refractivity contribution < 1.29 is 9.84 Å². The summed E-state index contributed by atoms with van der Waals surface area (Å²) in [6.45, 7) is 2.47. The van der Waals surface area contributed by atoms with E-state index in [9.17, 15) is 5.11 Å². The Labute approximate surface area is 146 Å². The van der Waals surface area contributed by atoms with Gasteiger partial charge in [0.1, 0.15) is 23.6 Å². The molecule has 0 bridgehead atoms. The molecule has 0 amide bonds. The van der Waals surface area contributed by atoms with E-state index in [0.717, 1.165) is 23.0 Å². The molecule has 1 aromatic heterocycles. The molecule has 0 aliphatic rings. The van der Waals surface area contributed by atoms with Crippen LogP contribution in [0.3, 0.4) is 0 Å². The van der Waals surface area contributed by atoms with Crippen LogP contribution in [0, 0.1) is 11.3 Å². The van der Waals surface area contributed by atoms with Gasteiger partial charge in [-0.15, -0.1) is 0 Å². The van der Waals surface area contributed by atoms with Crippen LogP contribution in [-0.2, 0) is 0 Å². The fourth-order valence-corrected chi connectivity index (χ4v) is 2.46. The molecule has 3 N–H and O–H groups in total. The molecule has 6 heteroatoms. The minimum atomic E-state index is 0.0772. The maximum absolute atomic E-state index is 9.42. The molecule has 25 heavy (non-hydrogen) atoms. The van der Waals surface area contributed by atoms with Gasteiger partial charge in [-0.2, -0.15) is 0 Å². The number of ether oxygens (including phenoxy) is 1. The molecule has 1 heterocycles. The molecule has 0 radical (unpaired) electrons. The van der Waals surface area contributed by atoms with Crippen LogP contribution in [0.5, 0.6) is 11.5 Å². The second-order valence-electron chi connectivity index (χ2n) is 5.69. The zero-order chi connectivity index (χ0) is 17.6. The van der Waals surface area contributed by atoms with Crippen molar-refractivity contribution in [1.29, 1.82) is 5.41 Å². The van der Waals surface area contributed by atoms with E-state index in [1.165, 1.54) is 12.5 Å². The van der Waals surface area contributed by atoms with E-state index >= 15 is 0 Å². The molecule has 1 atom stereocenters. The van der Waals surface area contributed by atoms with Crippen molar-refractivity contribution in [3.05, 3.63) is 48.8 Å². The largest absolute Gasteiger partial charge is 0.508 e. The normalized spacial score (nSPS) is 11.9. The Morgan fingerprint density at radius 1 is 1.20 bits per heavy atom. The summed E-state index contributed by atoms with van der Waals surface area (Å²) < 4.78 is 5.95. The smallest absolute Gasteiger partial charge is 0.145 e. The second-order valence-corrected chi connectivity index (χ2v) is 5.69. The number of hydrogen-bond donors (Lipinski definition) is 3. The molecule has 2 aromatic carbocycles. The highest BCUT2D eigenvalue weighted by Crippen LogP contribution is 2.32. The number of benzene rings is 2. The Hall–Kier alpha value is -3.15. The van der Waals surface area contributed by atoms with Crippen molar-refractivity contribution in [2.75, 3.05) is 11.9 Å². The molecule has 128 valence electrons. The van der Waals surface area contributed by atoms with Crippen LogP contribution >= 0.6 is 0 Å². The number of fused-ring (bicyclic) bond motifs is 1. The summed E-state index contributed by atoms with van der Waals surface area (Å²) in [4.78, 5) is 8.65. The third-order valence-corrected chi connectivity index (χ3v) is 3.97. The average molecular weight is 336 g/mol. The van der Waals surface area contributed by atoms with E-state index in [1.54, 1.807) is 24.3 Å². The van der Waals surface area contributed by atoms with Gasteiger partial charge in [-0.3, -0.25) is 0 Å². The highest BCUT2D eigenvalue weighted by atomic mass is 16.5. The van der Waals surface area contributed by atoms with Crippen LogP contribution in [0.4, 0.5) is 11.5 Å². The predicted octanol–water partition coefficient (Wildman–Crippen LogP) is 4.13. The molecule has 0 spiro atoms. The lowest BCUT2D eigenvalue weighted by molar-refractivity contribution is 0.286. The van der Waals surface area contributed by atoms with Crippen molar-refractivity contribution in [1.82, 2.24) is 9.97 Å². The molecule has 0 aliphatic carbocycles. The van der Waals surface area contributed by atoms with Crippen molar-refractivity contribution >= 4 is 28.6 Å². The Morgan fingerprint density at radius 2 is 2.00 bits per heavy atom. The van der Waals surface area contributed by atoms with Crippen molar-refractivity contribution in [2.45, 2.75) is 13.3 Å². The monoisotopic (exact) mass is 336 g/mol. The standard InChI is InChI=1S/C19H20N4O2/c1-2-13(10-20)11-25-17-5-3-4-16-18(17)19(22-12-21-16)23-14-6-8-15(24)9-7-14/h3-10,12-13,20,24H,2,11H2,1H3,(H,21,22,23)/t13-/m1/s1. The number of nitrogens with one attached hydrogen (secondary N) is 2. The van der Waals surface area contributed by atoms with Gasteiger partial charge in [0, 0.05) is 17.8 Å². The topological polar surface area (TPSA) is 91.1 Å². The van der Waals surface area contributed by atoms with E-state index in [0.29, 0.717) is 18.2 Å². The van der Waals surface area contributed by atoms with E-state index in [2.05, 4.69) is 15.3 Å². The molecular formula is C19H20N4O2. The van der Waals surface area contributed by atoms with Gasteiger partial charge in [0.2, 0.25) is 0 Å². The maximum atomic E-state index is 9.42. The van der Waals surface area contributed by atoms with Gasteiger partial charge in [-0.05, 0) is 42.8 Å². The van der Waals surface area contributed by atoms with Crippen LogP contribution in [0.2, 0.25) is 0 Å². The van der Waals surface area contributed by atoms with E-state index < -0.39 is 0 Å². The summed E-state index contributed by atoms with van der Waals surface area (Å²) >= 11 is 0. The van der Waals surface area contributed by atoms with Gasteiger partial charge in [-0.1, -0.05) is 13.0 Å². The first kappa shape index (κ1) is 16.7. The number of phenolic OH excluding ortho intramolecular Hbond substituents is 1. The van der Waals surface area contributed by atoms with Crippen molar-refractivity contribution in [3.8, 4) is 11.5 Å². The molecule has 6 nitrogen and oxygen atoms in total. The minimum Gasteiger partial charge on any atom is -0.508 e. The first-order valence-corrected chi connectivity index (χ1v) is 8.14. The Morgan fingerprint density at radius 3 is 2.72 bits per heavy atom. The summed E-state index contributed by atoms with van der Waals surface area (Å²) in [6, 6.07) is 12.4. The lowest BCUT2D eigenvalue weighted by Crippen LogP contribution is -2.12. The van der Waals surface area contributed by atoms with Crippen LogP contribution < -0.4 is 10.1 Å². The predicted molar refractivity (Wildman–Crippen MR) is 99.0 cm³/mol. The second kappa shape index (κ2) is 7.61. The zero-order valence-corrected chi connectivity index (χ0v) is 13.9. The summed E-state index contributed by atoms with van der Waals surface area (Å²) in [5.41, 5.74) is 1.58. The summed E-state index contributed by atoms with van der Waals surface area (Å²) in [5, 5.41) is 20.9. The average Bonchev–Trinajstić information content (AvgIpc) is 2.64. The highest BCUT2D eigenvalue weighted by molar-refractivity contribution is 5.95. The van der Waals surface area contributed by atoms with Gasteiger partial charge in [0.05, 0.1) is 17.5 Å². The molecule has 0 saturated carbocycles. The molecule has 3 aromatic rings. The summed E-state index contributed by atoms with van der Waals surface area (Å²) in [5.74, 6) is 1.60. The van der Waals surface area contributed by atoms with Gasteiger partial charge < -0.3 is 20.6 Å². The van der Waals surface area contributed by atoms with Crippen LogP contribution in [0.15, 0.2) is 48.8 Å². The van der Waals surface area contributed by atoms with Gasteiger partial charge in [0.15, 0.2) is 0 Å². The number of hydrogen-bond acceptors (Lipinski definition) is 6. The SMILES string of the molecule is CC[C@H](C=N)COc1cccc2ncnc(Nc3ccc(O)cc3)c12. The van der Waals surface area contributed by atoms with Crippen LogP contribution in [0.25, 0.3) is 10.9 Å². The number of nitrogens with zero attached hydrogens (tertiary/aromatic N) is 2. The van der Waals surface area contributed by atoms with Gasteiger partial charge in [-0.25, -0.2) is 9.97 Å². The maximum Gasteiger partial charge on any atom is 0.145 e. The van der Waals surface area contributed by atoms with Crippen LogP contribution in [0.1, 0.15) is 13.3 Å². The fraction of sp³-hybridized carbons (Fsp3) is 0.211. The molecule has 0 fully saturated rings. The Bertz CT molecular complexity index is 860. The number of anilines is 2. The van der Waals surface area contributed by atoms with E-state index in [1.807, 2.05) is 25.1 Å². The lowest BCUT2D eigenvalue weighted by atomic mass is 10.1. The molecular weight excluding hydrogens is 316 g/mol. The minimum absolute atomic E-state index is 0.0772. The highest BCUT2D eigenvalue weighted by Gasteiger charge is 2.12. The zero-order valence-electron chi connectivity index (χ0n) is 13.9. The van der Waals surface area contributed by atoms with E-state index in [4.69, 9.17) is 10.1 Å². The summed E-state index contributed by atoms with van der Waals surface area (Å²) in [6.07, 6.45) is 3.77. The molecule has 0 aliphatic heterocycles.